The van der Waals surface area contributed by atoms with Crippen molar-refractivity contribution >= 4 is 35.6 Å². The van der Waals surface area contributed by atoms with Gasteiger partial charge in [0, 0.05) is 0 Å². The van der Waals surface area contributed by atoms with Gasteiger partial charge in [0.2, 0.25) is 5.76 Å². The summed E-state index contributed by atoms with van der Waals surface area (Å²) in [6, 6.07) is 15.1. The number of imide groups is 1. The number of amides is 3. The average Bonchev–Trinajstić information content (AvgIpc) is 3.43. The molecule has 0 atom stereocenters. The lowest BCUT2D eigenvalue weighted by molar-refractivity contribution is -0.123. The topological polar surface area (TPSA) is 107 Å². The molecular weight excluding hydrogens is 476 g/mol. The van der Waals surface area contributed by atoms with E-state index in [1.807, 2.05) is 30.3 Å². The molecule has 3 aromatic rings. The Morgan fingerprint density at radius 1 is 1.11 bits per heavy atom. The van der Waals surface area contributed by atoms with Crippen LogP contribution in [0.5, 0.6) is 11.5 Å². The molecule has 9 nitrogen and oxygen atoms in total. The second-order valence-corrected chi connectivity index (χ2v) is 7.85. The molecule has 0 saturated carbocycles. The molecule has 2 aromatic carbocycles. The summed E-state index contributed by atoms with van der Waals surface area (Å²) in [5, 5.41) is 2.82. The van der Waals surface area contributed by atoms with Crippen molar-refractivity contribution in [2.45, 2.75) is 13.2 Å². The van der Waals surface area contributed by atoms with Crippen molar-refractivity contribution in [3.63, 3.8) is 0 Å². The molecule has 10 heteroatoms. The maximum atomic E-state index is 12.8. The van der Waals surface area contributed by atoms with Gasteiger partial charge in [-0.1, -0.05) is 41.9 Å². The largest absolute Gasteiger partial charge is 0.493 e. The number of furan rings is 1. The Balaban J connectivity index is 1.51. The molecule has 0 unspecified atom stereocenters. The van der Waals surface area contributed by atoms with Crippen LogP contribution in [0, 0.1) is 0 Å². The number of nitrogens with one attached hydrogen (secondary N) is 1. The monoisotopic (exact) mass is 496 g/mol. The highest BCUT2D eigenvalue weighted by Gasteiger charge is 2.34. The van der Waals surface area contributed by atoms with Gasteiger partial charge in [-0.15, -0.1) is 0 Å². The van der Waals surface area contributed by atoms with Crippen molar-refractivity contribution in [2.24, 2.45) is 0 Å². The number of halogens is 1. The minimum absolute atomic E-state index is 0.0263. The number of hydrogen-bond acceptors (Lipinski definition) is 7. The van der Waals surface area contributed by atoms with Crippen LogP contribution < -0.4 is 14.8 Å². The molecule has 1 aromatic heterocycles. The van der Waals surface area contributed by atoms with Gasteiger partial charge in [0.1, 0.15) is 18.1 Å². The molecule has 35 heavy (non-hydrogen) atoms. The third-order valence-corrected chi connectivity index (χ3v) is 5.39. The lowest BCUT2D eigenvalue weighted by Crippen LogP contribution is -2.30. The summed E-state index contributed by atoms with van der Waals surface area (Å²) < 4.78 is 21.2. The third kappa shape index (κ3) is 5.30. The SMILES string of the molecule is COC(=O)c1ccc(CN2C(=O)N/C(=C\c3cc(Cl)c(OCc4ccccc4)c(OC)c3)C2=O)o1. The van der Waals surface area contributed by atoms with Gasteiger partial charge in [0.15, 0.2) is 11.5 Å². The number of urea groups is 1. The van der Waals surface area contributed by atoms with Crippen LogP contribution in [0.4, 0.5) is 4.79 Å². The number of rotatable bonds is 8. The first-order chi connectivity index (χ1) is 16.9. The molecule has 1 aliphatic heterocycles. The summed E-state index contributed by atoms with van der Waals surface area (Å²) >= 11 is 6.44. The van der Waals surface area contributed by atoms with Crippen LogP contribution in [0.3, 0.4) is 0 Å². The molecule has 1 aliphatic rings. The fraction of sp³-hybridized carbons (Fsp3) is 0.160. The smallest absolute Gasteiger partial charge is 0.373 e. The zero-order valence-corrected chi connectivity index (χ0v) is 19.6. The average molecular weight is 497 g/mol. The Labute approximate surface area is 205 Å². The molecule has 3 amide bonds. The number of ether oxygens (including phenoxy) is 3. The summed E-state index contributed by atoms with van der Waals surface area (Å²) in [5.41, 5.74) is 1.53. The van der Waals surface area contributed by atoms with Crippen LogP contribution in [-0.4, -0.2) is 37.0 Å². The van der Waals surface area contributed by atoms with E-state index in [4.69, 9.17) is 25.5 Å². The summed E-state index contributed by atoms with van der Waals surface area (Å²) in [5.74, 6) is -0.259. The highest BCUT2D eigenvalue weighted by Crippen LogP contribution is 2.37. The molecule has 1 saturated heterocycles. The number of carbonyl (C=O) groups is 3. The maximum Gasteiger partial charge on any atom is 0.373 e. The highest BCUT2D eigenvalue weighted by molar-refractivity contribution is 6.32. The van der Waals surface area contributed by atoms with Crippen molar-refractivity contribution in [3.8, 4) is 11.5 Å². The lowest BCUT2D eigenvalue weighted by Gasteiger charge is -2.13. The molecule has 1 fully saturated rings. The molecule has 0 aliphatic carbocycles. The third-order valence-electron chi connectivity index (χ3n) is 5.11. The predicted molar refractivity (Wildman–Crippen MR) is 126 cm³/mol. The van der Waals surface area contributed by atoms with E-state index in [2.05, 4.69) is 10.1 Å². The minimum atomic E-state index is -0.656. The standard InChI is InChI=1S/C25H21ClN2O7/c1-32-21-12-16(10-18(26)22(21)34-14-15-6-4-3-5-7-15)11-19-23(29)28(25(31)27-19)13-17-8-9-20(35-17)24(30)33-2/h3-12H,13-14H2,1-2H3,(H,27,31)/b19-11-. The van der Waals surface area contributed by atoms with Gasteiger partial charge in [-0.05, 0) is 41.5 Å². The Morgan fingerprint density at radius 2 is 1.89 bits per heavy atom. The van der Waals surface area contributed by atoms with Crippen LogP contribution in [0.15, 0.2) is 64.7 Å². The van der Waals surface area contributed by atoms with Crippen LogP contribution >= 0.6 is 11.6 Å². The number of carbonyl (C=O) groups excluding carboxylic acids is 3. The number of nitrogens with zero attached hydrogens (tertiary/aromatic N) is 1. The van der Waals surface area contributed by atoms with Crippen molar-refractivity contribution in [2.75, 3.05) is 14.2 Å². The van der Waals surface area contributed by atoms with Crippen molar-refractivity contribution < 1.29 is 33.0 Å². The Kier molecular flexibility index (Phi) is 7.07. The van der Waals surface area contributed by atoms with Crippen LogP contribution in [0.1, 0.15) is 27.4 Å². The molecule has 0 bridgehead atoms. The van der Waals surface area contributed by atoms with E-state index in [9.17, 15) is 14.4 Å². The molecule has 180 valence electrons. The van der Waals surface area contributed by atoms with E-state index >= 15 is 0 Å². The number of benzene rings is 2. The van der Waals surface area contributed by atoms with E-state index < -0.39 is 17.9 Å². The molecule has 2 heterocycles. The summed E-state index contributed by atoms with van der Waals surface area (Å²) in [6.07, 6.45) is 1.48. The van der Waals surface area contributed by atoms with E-state index in [0.29, 0.717) is 23.7 Å². The van der Waals surface area contributed by atoms with E-state index in [0.717, 1.165) is 10.5 Å². The quantitative estimate of drug-likeness (QED) is 0.280. The lowest BCUT2D eigenvalue weighted by atomic mass is 10.1. The molecular formula is C25H21ClN2O7. The van der Waals surface area contributed by atoms with Gasteiger partial charge < -0.3 is 23.9 Å². The highest BCUT2D eigenvalue weighted by atomic mass is 35.5. The zero-order valence-electron chi connectivity index (χ0n) is 18.9. The minimum Gasteiger partial charge on any atom is -0.493 e. The number of hydrogen-bond donors (Lipinski definition) is 1. The van der Waals surface area contributed by atoms with Gasteiger partial charge in [0.25, 0.3) is 5.91 Å². The van der Waals surface area contributed by atoms with Crippen LogP contribution in [-0.2, 0) is 22.7 Å². The van der Waals surface area contributed by atoms with Gasteiger partial charge in [-0.2, -0.15) is 0 Å². The first-order valence-electron chi connectivity index (χ1n) is 10.5. The molecule has 4 rings (SSSR count). The molecule has 1 N–H and O–H groups in total. The number of esters is 1. The second kappa shape index (κ2) is 10.4. The Morgan fingerprint density at radius 3 is 2.60 bits per heavy atom. The van der Waals surface area contributed by atoms with Gasteiger partial charge in [-0.25, -0.2) is 9.59 Å². The molecule has 0 radical (unpaired) electrons. The second-order valence-electron chi connectivity index (χ2n) is 7.45. The number of methoxy groups -OCH3 is 2. The van der Waals surface area contributed by atoms with Crippen molar-refractivity contribution in [3.05, 3.63) is 88.0 Å². The Hall–Kier alpha value is -4.24. The van der Waals surface area contributed by atoms with Crippen LogP contribution in [0.25, 0.3) is 6.08 Å². The van der Waals surface area contributed by atoms with Crippen molar-refractivity contribution in [1.29, 1.82) is 0 Å². The first-order valence-corrected chi connectivity index (χ1v) is 10.8. The predicted octanol–water partition coefficient (Wildman–Crippen LogP) is 4.40. The van der Waals surface area contributed by atoms with Crippen molar-refractivity contribution in [1.82, 2.24) is 10.2 Å². The van der Waals surface area contributed by atoms with E-state index in [1.54, 1.807) is 12.1 Å². The van der Waals surface area contributed by atoms with Crippen LogP contribution in [0.2, 0.25) is 5.02 Å². The summed E-state index contributed by atoms with van der Waals surface area (Å²) in [6.45, 7) is 0.140. The van der Waals surface area contributed by atoms with E-state index in [1.165, 1.54) is 32.4 Å². The Bertz CT molecular complexity index is 1300. The zero-order chi connectivity index (χ0) is 24.9. The van der Waals surface area contributed by atoms with Gasteiger partial charge in [-0.3, -0.25) is 9.69 Å². The van der Waals surface area contributed by atoms with Gasteiger partial charge in [0.05, 0.1) is 25.8 Å². The first kappa shape index (κ1) is 23.9. The maximum absolute atomic E-state index is 12.8. The fourth-order valence-electron chi connectivity index (χ4n) is 3.40. The summed E-state index contributed by atoms with van der Waals surface area (Å²) in [4.78, 5) is 37.7. The summed E-state index contributed by atoms with van der Waals surface area (Å²) in [7, 11) is 2.70. The van der Waals surface area contributed by atoms with Gasteiger partial charge >= 0.3 is 12.0 Å². The fourth-order valence-corrected chi connectivity index (χ4v) is 3.68. The normalized spacial score (nSPS) is 14.3. The molecule has 0 spiro atoms. The van der Waals surface area contributed by atoms with E-state index in [-0.39, 0.29) is 28.8 Å².